The lowest BCUT2D eigenvalue weighted by Crippen LogP contribution is -2.16. The zero-order valence-electron chi connectivity index (χ0n) is 12.5. The van der Waals surface area contributed by atoms with Gasteiger partial charge in [-0.15, -0.1) is 11.3 Å². The Hall–Kier alpha value is -2.21. The van der Waals surface area contributed by atoms with Gasteiger partial charge in [-0.25, -0.2) is 19.3 Å². The number of hydrogen-bond donors (Lipinski definition) is 0. The fraction of sp³-hybridized carbons (Fsp3) is 0.312. The van der Waals surface area contributed by atoms with Crippen LogP contribution in [-0.2, 0) is 4.74 Å². The molecule has 5 nitrogen and oxygen atoms in total. The Kier molecular flexibility index (Phi) is 4.20. The number of aromatic nitrogens is 3. The predicted molar refractivity (Wildman–Crippen MR) is 87.0 cm³/mol. The Balaban J connectivity index is 1.99. The summed E-state index contributed by atoms with van der Waals surface area (Å²) in [6, 6.07) is 7.52. The molecule has 0 amide bonds. The minimum absolute atomic E-state index is 0.402. The molecule has 3 rings (SSSR count). The first kappa shape index (κ1) is 14.7. The normalized spacial score (nSPS) is 11.2. The fourth-order valence-electron chi connectivity index (χ4n) is 2.15. The van der Waals surface area contributed by atoms with Crippen LogP contribution in [0.5, 0.6) is 0 Å². The van der Waals surface area contributed by atoms with Crippen molar-refractivity contribution < 1.29 is 9.53 Å². The highest BCUT2D eigenvalue weighted by atomic mass is 32.1. The Morgan fingerprint density at radius 1 is 1.36 bits per heavy atom. The number of nitrogens with zero attached hydrogens (tertiary/aromatic N) is 3. The Morgan fingerprint density at radius 3 is 2.91 bits per heavy atom. The van der Waals surface area contributed by atoms with Crippen LogP contribution in [-0.4, -0.2) is 27.2 Å². The summed E-state index contributed by atoms with van der Waals surface area (Å²) in [7, 11) is 0. The number of fused-ring (bicyclic) bond motifs is 1. The van der Waals surface area contributed by atoms with E-state index in [9.17, 15) is 4.79 Å². The Bertz CT molecular complexity index is 778. The van der Waals surface area contributed by atoms with Gasteiger partial charge >= 0.3 is 6.09 Å². The van der Waals surface area contributed by atoms with E-state index in [1.807, 2.05) is 29.6 Å². The van der Waals surface area contributed by atoms with Gasteiger partial charge in [-0.3, -0.25) is 0 Å². The number of hydrogen-bond acceptors (Lipinski definition) is 5. The molecule has 0 aliphatic heterocycles. The van der Waals surface area contributed by atoms with Crippen LogP contribution in [0.15, 0.2) is 35.2 Å². The van der Waals surface area contributed by atoms with Crippen LogP contribution in [0.3, 0.4) is 0 Å². The van der Waals surface area contributed by atoms with Crippen molar-refractivity contribution in [3.63, 3.8) is 0 Å². The van der Waals surface area contributed by atoms with Crippen LogP contribution in [0.25, 0.3) is 22.6 Å². The van der Waals surface area contributed by atoms with Gasteiger partial charge in [-0.2, -0.15) is 0 Å². The number of para-hydroxylation sites is 2. The van der Waals surface area contributed by atoms with Crippen LogP contribution < -0.4 is 0 Å². The van der Waals surface area contributed by atoms with E-state index >= 15 is 0 Å². The minimum atomic E-state index is -0.405. The van der Waals surface area contributed by atoms with Gasteiger partial charge in [0.2, 0.25) is 0 Å². The molecular formula is C16H17N3O2S. The molecule has 2 aromatic heterocycles. The lowest BCUT2D eigenvalue weighted by molar-refractivity contribution is 0.143. The molecule has 0 bridgehead atoms. The van der Waals surface area contributed by atoms with E-state index in [-0.39, 0.29) is 0 Å². The quantitative estimate of drug-likeness (QED) is 0.724. The van der Waals surface area contributed by atoms with E-state index in [1.54, 1.807) is 5.51 Å². The van der Waals surface area contributed by atoms with E-state index in [4.69, 9.17) is 4.74 Å². The topological polar surface area (TPSA) is 57.0 Å². The van der Waals surface area contributed by atoms with E-state index in [2.05, 4.69) is 23.8 Å². The zero-order valence-corrected chi connectivity index (χ0v) is 13.3. The van der Waals surface area contributed by atoms with Crippen molar-refractivity contribution in [2.45, 2.75) is 20.3 Å². The summed E-state index contributed by atoms with van der Waals surface area (Å²) in [5.41, 5.74) is 3.90. The van der Waals surface area contributed by atoms with Gasteiger partial charge in [0, 0.05) is 5.38 Å². The molecule has 0 aliphatic rings. The standard InChI is InChI=1S/C16H17N3O2S/c1-11(2)7-8-21-16(20)19-14-6-4-3-5-12(14)18-15(19)13-9-22-10-17-13/h3-6,9-11H,7-8H2,1-2H3. The third kappa shape index (κ3) is 2.87. The molecule has 0 saturated carbocycles. The molecule has 0 atom stereocenters. The van der Waals surface area contributed by atoms with E-state index in [0.29, 0.717) is 24.0 Å². The number of carbonyl (C=O) groups excluding carboxylic acids is 1. The van der Waals surface area contributed by atoms with Crippen LogP contribution in [0, 0.1) is 5.92 Å². The number of benzene rings is 1. The first-order valence-corrected chi connectivity index (χ1v) is 8.14. The highest BCUT2D eigenvalue weighted by Crippen LogP contribution is 2.24. The largest absolute Gasteiger partial charge is 0.449 e. The maximum atomic E-state index is 12.5. The summed E-state index contributed by atoms with van der Waals surface area (Å²) in [5.74, 6) is 1.02. The van der Waals surface area contributed by atoms with Gasteiger partial charge in [0.15, 0.2) is 5.82 Å². The second-order valence-electron chi connectivity index (χ2n) is 5.43. The average molecular weight is 315 g/mol. The van der Waals surface area contributed by atoms with Crippen LogP contribution in [0.2, 0.25) is 0 Å². The molecule has 0 spiro atoms. The third-order valence-electron chi connectivity index (χ3n) is 3.33. The fourth-order valence-corrected chi connectivity index (χ4v) is 2.68. The number of ether oxygens (including phenoxy) is 1. The average Bonchev–Trinajstić information content (AvgIpc) is 3.13. The zero-order chi connectivity index (χ0) is 15.5. The van der Waals surface area contributed by atoms with E-state index in [1.165, 1.54) is 15.9 Å². The number of rotatable bonds is 4. The van der Waals surface area contributed by atoms with Crippen molar-refractivity contribution in [3.8, 4) is 11.5 Å². The van der Waals surface area contributed by atoms with Crippen LogP contribution in [0.4, 0.5) is 4.79 Å². The first-order valence-electron chi connectivity index (χ1n) is 7.20. The molecule has 114 valence electrons. The Morgan fingerprint density at radius 2 is 2.18 bits per heavy atom. The summed E-state index contributed by atoms with van der Waals surface area (Å²) < 4.78 is 6.91. The smallest absolute Gasteiger partial charge is 0.420 e. The molecular weight excluding hydrogens is 298 g/mol. The summed E-state index contributed by atoms with van der Waals surface area (Å²) >= 11 is 1.47. The lowest BCUT2D eigenvalue weighted by Gasteiger charge is -2.09. The summed E-state index contributed by atoms with van der Waals surface area (Å²) in [4.78, 5) is 21.3. The third-order valence-corrected chi connectivity index (χ3v) is 3.91. The van der Waals surface area contributed by atoms with Crippen molar-refractivity contribution in [2.24, 2.45) is 5.92 Å². The summed E-state index contributed by atoms with van der Waals surface area (Å²) in [6.45, 7) is 4.60. The van der Waals surface area contributed by atoms with Gasteiger partial charge in [0.05, 0.1) is 23.2 Å². The SMILES string of the molecule is CC(C)CCOC(=O)n1c(-c2cscn2)nc2ccccc21. The van der Waals surface area contributed by atoms with Crippen LogP contribution >= 0.6 is 11.3 Å². The maximum absolute atomic E-state index is 12.5. The number of carbonyl (C=O) groups is 1. The monoisotopic (exact) mass is 315 g/mol. The van der Waals surface area contributed by atoms with Gasteiger partial charge < -0.3 is 4.74 Å². The molecule has 0 fully saturated rings. The molecule has 22 heavy (non-hydrogen) atoms. The van der Waals surface area contributed by atoms with Crippen molar-refractivity contribution in [3.05, 3.63) is 35.2 Å². The maximum Gasteiger partial charge on any atom is 0.420 e. The highest BCUT2D eigenvalue weighted by Gasteiger charge is 2.20. The van der Waals surface area contributed by atoms with Crippen molar-refractivity contribution in [1.82, 2.24) is 14.5 Å². The van der Waals surface area contributed by atoms with Gasteiger partial charge in [-0.05, 0) is 24.5 Å². The summed E-state index contributed by atoms with van der Waals surface area (Å²) in [5, 5.41) is 1.87. The molecule has 6 heteroatoms. The van der Waals surface area contributed by atoms with E-state index < -0.39 is 6.09 Å². The molecule has 1 aromatic carbocycles. The second-order valence-corrected chi connectivity index (χ2v) is 6.15. The summed E-state index contributed by atoms with van der Waals surface area (Å²) in [6.07, 6.45) is 0.432. The second kappa shape index (κ2) is 6.27. The molecule has 0 unspecified atom stereocenters. The number of thiazole rings is 1. The first-order chi connectivity index (χ1) is 10.7. The molecule has 0 radical (unpaired) electrons. The predicted octanol–water partition coefficient (Wildman–Crippen LogP) is 4.19. The minimum Gasteiger partial charge on any atom is -0.449 e. The molecule has 2 heterocycles. The number of imidazole rings is 1. The lowest BCUT2D eigenvalue weighted by atomic mass is 10.1. The Labute approximate surface area is 132 Å². The highest BCUT2D eigenvalue weighted by molar-refractivity contribution is 7.07. The van der Waals surface area contributed by atoms with Gasteiger partial charge in [-0.1, -0.05) is 26.0 Å². The van der Waals surface area contributed by atoms with Crippen molar-refractivity contribution >= 4 is 28.5 Å². The van der Waals surface area contributed by atoms with Gasteiger partial charge in [0.25, 0.3) is 0 Å². The van der Waals surface area contributed by atoms with Gasteiger partial charge in [0.1, 0.15) is 5.69 Å². The molecule has 0 aliphatic carbocycles. The van der Waals surface area contributed by atoms with Crippen molar-refractivity contribution in [1.29, 1.82) is 0 Å². The van der Waals surface area contributed by atoms with Crippen molar-refractivity contribution in [2.75, 3.05) is 6.61 Å². The molecule has 0 N–H and O–H groups in total. The van der Waals surface area contributed by atoms with E-state index in [0.717, 1.165) is 17.5 Å². The molecule has 0 saturated heterocycles. The molecule has 3 aromatic rings. The van der Waals surface area contributed by atoms with Crippen LogP contribution in [0.1, 0.15) is 20.3 Å².